The van der Waals surface area contributed by atoms with Crippen molar-refractivity contribution in [1.82, 2.24) is 4.98 Å². The largest absolute Gasteiger partial charge is 0.326 e. The average molecular weight is 369 g/mol. The van der Waals surface area contributed by atoms with Crippen LogP contribution in [0.3, 0.4) is 0 Å². The van der Waals surface area contributed by atoms with E-state index in [2.05, 4.69) is 16.4 Å². The maximum Gasteiger partial charge on any atom is 0.228 e. The molecule has 0 radical (unpaired) electrons. The number of halogens is 1. The zero-order chi connectivity index (χ0) is 17.5. The first kappa shape index (κ1) is 17.5. The van der Waals surface area contributed by atoms with Crippen molar-refractivity contribution in [3.05, 3.63) is 89.2 Å². The number of pyridine rings is 1. The quantitative estimate of drug-likeness (QED) is 0.607. The summed E-state index contributed by atoms with van der Waals surface area (Å²) < 4.78 is 0. The molecule has 1 N–H and O–H groups in total. The Bertz CT molecular complexity index is 838. The van der Waals surface area contributed by atoms with Gasteiger partial charge in [0.15, 0.2) is 0 Å². The van der Waals surface area contributed by atoms with E-state index >= 15 is 0 Å². The fourth-order valence-corrected chi connectivity index (χ4v) is 3.34. The smallest absolute Gasteiger partial charge is 0.228 e. The van der Waals surface area contributed by atoms with Crippen molar-refractivity contribution in [2.24, 2.45) is 0 Å². The highest BCUT2D eigenvalue weighted by Crippen LogP contribution is 2.24. The number of carbonyl (C=O) groups excluding carboxylic acids is 1. The molecule has 1 heterocycles. The minimum absolute atomic E-state index is 0.0798. The van der Waals surface area contributed by atoms with Crippen LogP contribution in [0.25, 0.3) is 0 Å². The minimum Gasteiger partial charge on any atom is -0.326 e. The lowest BCUT2D eigenvalue weighted by molar-refractivity contribution is -0.115. The molecule has 0 aliphatic heterocycles. The van der Waals surface area contributed by atoms with Gasteiger partial charge >= 0.3 is 0 Å². The predicted molar refractivity (Wildman–Crippen MR) is 104 cm³/mol. The number of amides is 1. The van der Waals surface area contributed by atoms with E-state index in [1.807, 2.05) is 54.7 Å². The monoisotopic (exact) mass is 368 g/mol. The second kappa shape index (κ2) is 8.70. The van der Waals surface area contributed by atoms with Crippen molar-refractivity contribution in [3.8, 4) is 0 Å². The van der Waals surface area contributed by atoms with Crippen LogP contribution in [0.4, 0.5) is 5.69 Å². The Morgan fingerprint density at radius 3 is 2.56 bits per heavy atom. The Morgan fingerprint density at radius 1 is 1.04 bits per heavy atom. The van der Waals surface area contributed by atoms with E-state index in [9.17, 15) is 4.79 Å². The van der Waals surface area contributed by atoms with Gasteiger partial charge in [-0.3, -0.25) is 9.78 Å². The second-order valence-electron chi connectivity index (χ2n) is 5.49. The fraction of sp³-hybridized carbons (Fsp3) is 0.100. The first-order chi connectivity index (χ1) is 12.2. The molecule has 0 spiro atoms. The Labute approximate surface area is 156 Å². The molecule has 0 bridgehead atoms. The highest BCUT2D eigenvalue weighted by Gasteiger charge is 2.07. The summed E-state index contributed by atoms with van der Waals surface area (Å²) in [6.45, 7) is 0. The number of rotatable bonds is 6. The van der Waals surface area contributed by atoms with Crippen molar-refractivity contribution < 1.29 is 4.79 Å². The summed E-state index contributed by atoms with van der Waals surface area (Å²) in [5.41, 5.74) is 2.79. The number of hydrogen-bond donors (Lipinski definition) is 1. The highest BCUT2D eigenvalue weighted by molar-refractivity contribution is 7.98. The molecule has 2 aromatic carbocycles. The Balaban J connectivity index is 1.53. The summed E-state index contributed by atoms with van der Waals surface area (Å²) in [4.78, 5) is 17.4. The van der Waals surface area contributed by atoms with Crippen LogP contribution >= 0.6 is 23.4 Å². The van der Waals surface area contributed by atoms with E-state index < -0.39 is 0 Å². The Kier molecular flexibility index (Phi) is 6.09. The van der Waals surface area contributed by atoms with Gasteiger partial charge in [0.05, 0.1) is 6.42 Å². The molecule has 3 nitrogen and oxygen atoms in total. The third-order valence-corrected chi connectivity index (χ3v) is 5.03. The van der Waals surface area contributed by atoms with Gasteiger partial charge in [0.25, 0.3) is 0 Å². The lowest BCUT2D eigenvalue weighted by Crippen LogP contribution is -2.14. The van der Waals surface area contributed by atoms with Crippen LogP contribution in [0.2, 0.25) is 5.02 Å². The standard InChI is InChI=1S/C20H17ClN2OS/c21-19-6-2-1-5-16(19)12-20(24)23-17-7-9-18(10-8-17)25-14-15-4-3-11-22-13-15/h1-11,13H,12,14H2,(H,23,24). The number of hydrogen-bond acceptors (Lipinski definition) is 3. The SMILES string of the molecule is O=C(Cc1ccccc1Cl)Nc1ccc(SCc2cccnc2)cc1. The minimum atomic E-state index is -0.0798. The number of nitrogens with one attached hydrogen (secondary N) is 1. The molecule has 0 saturated heterocycles. The van der Waals surface area contributed by atoms with Crippen LogP contribution in [-0.4, -0.2) is 10.9 Å². The van der Waals surface area contributed by atoms with Crippen LogP contribution in [0.5, 0.6) is 0 Å². The maximum atomic E-state index is 12.1. The summed E-state index contributed by atoms with van der Waals surface area (Å²) in [5.74, 6) is 0.787. The van der Waals surface area contributed by atoms with Crippen molar-refractivity contribution in [3.63, 3.8) is 0 Å². The number of thioether (sulfide) groups is 1. The first-order valence-electron chi connectivity index (χ1n) is 7.86. The van der Waals surface area contributed by atoms with Gasteiger partial charge in [0.1, 0.15) is 0 Å². The van der Waals surface area contributed by atoms with Crippen molar-refractivity contribution in [1.29, 1.82) is 0 Å². The molecule has 0 fully saturated rings. The van der Waals surface area contributed by atoms with E-state index in [0.717, 1.165) is 21.9 Å². The molecule has 0 unspecified atom stereocenters. The van der Waals surface area contributed by atoms with E-state index in [1.54, 1.807) is 24.0 Å². The van der Waals surface area contributed by atoms with Gasteiger partial charge in [0, 0.05) is 33.8 Å². The van der Waals surface area contributed by atoms with Crippen molar-refractivity contribution in [2.75, 3.05) is 5.32 Å². The van der Waals surface area contributed by atoms with Gasteiger partial charge in [-0.15, -0.1) is 11.8 Å². The maximum absolute atomic E-state index is 12.1. The number of carbonyl (C=O) groups is 1. The van der Waals surface area contributed by atoms with Gasteiger partial charge in [-0.25, -0.2) is 0 Å². The summed E-state index contributed by atoms with van der Waals surface area (Å²) >= 11 is 7.83. The second-order valence-corrected chi connectivity index (χ2v) is 6.95. The molecule has 1 amide bonds. The average Bonchev–Trinajstić information content (AvgIpc) is 2.64. The molecule has 5 heteroatoms. The van der Waals surface area contributed by atoms with Crippen LogP contribution < -0.4 is 5.32 Å². The van der Waals surface area contributed by atoms with Crippen LogP contribution in [0.15, 0.2) is 78.0 Å². The molecule has 0 saturated carbocycles. The number of benzene rings is 2. The summed E-state index contributed by atoms with van der Waals surface area (Å²) in [6, 6.07) is 19.2. The Hall–Kier alpha value is -2.30. The van der Waals surface area contributed by atoms with E-state index in [0.29, 0.717) is 5.02 Å². The molecular formula is C20H17ClN2OS. The zero-order valence-electron chi connectivity index (χ0n) is 13.5. The van der Waals surface area contributed by atoms with Crippen LogP contribution in [0, 0.1) is 0 Å². The highest BCUT2D eigenvalue weighted by atomic mass is 35.5. The summed E-state index contributed by atoms with van der Waals surface area (Å²) in [6.07, 6.45) is 3.90. The lowest BCUT2D eigenvalue weighted by Gasteiger charge is -2.08. The van der Waals surface area contributed by atoms with Gasteiger partial charge in [0.2, 0.25) is 5.91 Å². The van der Waals surface area contributed by atoms with Gasteiger partial charge in [-0.1, -0.05) is 35.9 Å². The molecule has 1 aromatic heterocycles. The molecular weight excluding hydrogens is 352 g/mol. The summed E-state index contributed by atoms with van der Waals surface area (Å²) in [7, 11) is 0. The lowest BCUT2D eigenvalue weighted by atomic mass is 10.1. The van der Waals surface area contributed by atoms with Gasteiger partial charge < -0.3 is 5.32 Å². The van der Waals surface area contributed by atoms with Gasteiger partial charge in [-0.05, 0) is 47.5 Å². The van der Waals surface area contributed by atoms with Gasteiger partial charge in [-0.2, -0.15) is 0 Å². The number of nitrogens with zero attached hydrogens (tertiary/aromatic N) is 1. The van der Waals surface area contributed by atoms with Crippen molar-refractivity contribution in [2.45, 2.75) is 17.1 Å². The van der Waals surface area contributed by atoms with E-state index in [-0.39, 0.29) is 12.3 Å². The normalized spacial score (nSPS) is 10.4. The summed E-state index contributed by atoms with van der Waals surface area (Å²) in [5, 5.41) is 3.51. The van der Waals surface area contributed by atoms with E-state index in [1.165, 1.54) is 5.56 Å². The van der Waals surface area contributed by atoms with Crippen LogP contribution in [-0.2, 0) is 17.0 Å². The third-order valence-electron chi connectivity index (χ3n) is 3.58. The predicted octanol–water partition coefficient (Wildman–Crippen LogP) is 5.21. The third kappa shape index (κ3) is 5.34. The fourth-order valence-electron chi connectivity index (χ4n) is 2.30. The topological polar surface area (TPSA) is 42.0 Å². The Morgan fingerprint density at radius 2 is 1.84 bits per heavy atom. The molecule has 25 heavy (non-hydrogen) atoms. The number of aromatic nitrogens is 1. The van der Waals surface area contributed by atoms with E-state index in [4.69, 9.17) is 11.6 Å². The van der Waals surface area contributed by atoms with Crippen LogP contribution in [0.1, 0.15) is 11.1 Å². The molecule has 3 rings (SSSR count). The number of anilines is 1. The zero-order valence-corrected chi connectivity index (χ0v) is 15.1. The molecule has 0 atom stereocenters. The molecule has 0 aliphatic rings. The van der Waals surface area contributed by atoms with Crippen molar-refractivity contribution >= 4 is 35.0 Å². The molecule has 126 valence electrons. The first-order valence-corrected chi connectivity index (χ1v) is 9.22. The molecule has 0 aliphatic carbocycles. The molecule has 3 aromatic rings.